The number of nitrogen functional groups attached to an aromatic ring is 1. The third kappa shape index (κ3) is 4.38. The molecule has 0 radical (unpaired) electrons. The fourth-order valence-corrected chi connectivity index (χ4v) is 1.78. The van der Waals surface area contributed by atoms with Crippen molar-refractivity contribution in [2.24, 2.45) is 0 Å². The van der Waals surface area contributed by atoms with Gasteiger partial charge in [-0.25, -0.2) is 0 Å². The van der Waals surface area contributed by atoms with E-state index in [0.29, 0.717) is 0 Å². The Labute approximate surface area is 118 Å². The Bertz CT molecular complexity index is 528. The summed E-state index contributed by atoms with van der Waals surface area (Å²) in [7, 11) is 0. The van der Waals surface area contributed by atoms with Crippen molar-refractivity contribution < 1.29 is 0 Å². The van der Waals surface area contributed by atoms with Gasteiger partial charge in [-0.05, 0) is 30.5 Å². The molecule has 4 N–H and O–H groups in total. The first-order valence-electron chi connectivity index (χ1n) is 6.79. The Morgan fingerprint density at radius 3 is 2.35 bits per heavy atom. The Morgan fingerprint density at radius 1 is 1.05 bits per heavy atom. The van der Waals surface area contributed by atoms with Crippen LogP contribution in [0.15, 0.2) is 30.6 Å². The maximum atomic E-state index is 5.70. The highest BCUT2D eigenvalue weighted by Crippen LogP contribution is 2.12. The van der Waals surface area contributed by atoms with Gasteiger partial charge in [0.1, 0.15) is 11.6 Å². The average Bonchev–Trinajstić information content (AvgIpc) is 2.46. The monoisotopic (exact) mass is 272 g/mol. The lowest BCUT2D eigenvalue weighted by molar-refractivity contribution is 0.962. The van der Waals surface area contributed by atoms with Crippen LogP contribution in [0, 0.1) is 0 Å². The van der Waals surface area contributed by atoms with Gasteiger partial charge in [0, 0.05) is 31.5 Å². The smallest absolute Gasteiger partial charge is 0.223 e. The molecule has 0 fully saturated rings. The molecule has 0 aliphatic heterocycles. The maximum absolute atomic E-state index is 5.70. The SMILES string of the molecule is CCCNc1cc(NCCc2ccncc2)nc(N)n1. The van der Waals surface area contributed by atoms with E-state index in [2.05, 4.69) is 32.5 Å². The van der Waals surface area contributed by atoms with Crippen LogP contribution in [0.1, 0.15) is 18.9 Å². The van der Waals surface area contributed by atoms with Gasteiger partial charge in [0.25, 0.3) is 0 Å². The highest BCUT2D eigenvalue weighted by Gasteiger charge is 2.01. The largest absolute Gasteiger partial charge is 0.370 e. The van der Waals surface area contributed by atoms with Gasteiger partial charge in [0.2, 0.25) is 5.95 Å². The molecule has 2 heterocycles. The Hall–Kier alpha value is -2.37. The standard InChI is InChI=1S/C14H20N6/c1-2-6-17-12-10-13(20-14(15)19-12)18-9-5-11-3-7-16-8-4-11/h3-4,7-8,10H,2,5-6,9H2,1H3,(H4,15,17,18,19,20). The molecule has 6 heteroatoms. The van der Waals surface area contributed by atoms with Crippen molar-refractivity contribution in [2.75, 3.05) is 29.5 Å². The number of rotatable bonds is 7. The van der Waals surface area contributed by atoms with E-state index in [-0.39, 0.29) is 5.95 Å². The van der Waals surface area contributed by atoms with Gasteiger partial charge in [0.05, 0.1) is 0 Å². The zero-order valence-electron chi connectivity index (χ0n) is 11.6. The second-order valence-corrected chi connectivity index (χ2v) is 4.46. The lowest BCUT2D eigenvalue weighted by Crippen LogP contribution is -2.10. The minimum absolute atomic E-state index is 0.275. The van der Waals surface area contributed by atoms with E-state index in [1.54, 1.807) is 12.4 Å². The summed E-state index contributed by atoms with van der Waals surface area (Å²) in [5, 5.41) is 6.46. The Morgan fingerprint density at radius 2 is 1.70 bits per heavy atom. The minimum atomic E-state index is 0.275. The number of aromatic nitrogens is 3. The highest BCUT2D eigenvalue weighted by atomic mass is 15.1. The molecule has 0 atom stereocenters. The first kappa shape index (κ1) is 14.0. The van der Waals surface area contributed by atoms with Crippen molar-refractivity contribution in [2.45, 2.75) is 19.8 Å². The van der Waals surface area contributed by atoms with Gasteiger partial charge in [0.15, 0.2) is 0 Å². The molecule has 0 amide bonds. The summed E-state index contributed by atoms with van der Waals surface area (Å²) in [5.41, 5.74) is 6.94. The van der Waals surface area contributed by atoms with Gasteiger partial charge >= 0.3 is 0 Å². The summed E-state index contributed by atoms with van der Waals surface area (Å²) in [4.78, 5) is 12.3. The second kappa shape index (κ2) is 7.28. The van der Waals surface area contributed by atoms with Crippen LogP contribution in [-0.2, 0) is 6.42 Å². The molecule has 0 saturated heterocycles. The summed E-state index contributed by atoms with van der Waals surface area (Å²) < 4.78 is 0. The predicted octanol–water partition coefficient (Wildman–Crippen LogP) is 1.93. The molecule has 6 nitrogen and oxygen atoms in total. The summed E-state index contributed by atoms with van der Waals surface area (Å²) in [6, 6.07) is 5.88. The van der Waals surface area contributed by atoms with E-state index in [1.807, 2.05) is 18.2 Å². The molecule has 2 rings (SSSR count). The van der Waals surface area contributed by atoms with E-state index >= 15 is 0 Å². The molecule has 2 aromatic rings. The molecule has 0 spiro atoms. The van der Waals surface area contributed by atoms with Crippen molar-refractivity contribution in [3.8, 4) is 0 Å². The van der Waals surface area contributed by atoms with Crippen molar-refractivity contribution in [1.29, 1.82) is 0 Å². The zero-order valence-corrected chi connectivity index (χ0v) is 11.6. The highest BCUT2D eigenvalue weighted by molar-refractivity contribution is 5.51. The van der Waals surface area contributed by atoms with Crippen LogP contribution in [0.5, 0.6) is 0 Å². The molecular weight excluding hydrogens is 252 g/mol. The molecule has 0 saturated carbocycles. The number of anilines is 3. The minimum Gasteiger partial charge on any atom is -0.370 e. The van der Waals surface area contributed by atoms with Gasteiger partial charge in [-0.15, -0.1) is 0 Å². The van der Waals surface area contributed by atoms with Crippen LogP contribution >= 0.6 is 0 Å². The van der Waals surface area contributed by atoms with Crippen LogP contribution in [-0.4, -0.2) is 28.0 Å². The maximum Gasteiger partial charge on any atom is 0.223 e. The third-order valence-corrected chi connectivity index (χ3v) is 2.77. The van der Waals surface area contributed by atoms with Crippen LogP contribution in [0.2, 0.25) is 0 Å². The van der Waals surface area contributed by atoms with E-state index in [1.165, 1.54) is 5.56 Å². The zero-order chi connectivity index (χ0) is 14.2. The summed E-state index contributed by atoms with van der Waals surface area (Å²) in [5.74, 6) is 1.77. The van der Waals surface area contributed by atoms with E-state index in [0.717, 1.165) is 37.6 Å². The molecular formula is C14H20N6. The number of hydrogen-bond acceptors (Lipinski definition) is 6. The molecule has 0 aromatic carbocycles. The van der Waals surface area contributed by atoms with E-state index in [4.69, 9.17) is 5.73 Å². The van der Waals surface area contributed by atoms with Gasteiger partial charge in [-0.3, -0.25) is 4.98 Å². The van der Waals surface area contributed by atoms with Crippen LogP contribution in [0.25, 0.3) is 0 Å². The van der Waals surface area contributed by atoms with Crippen LogP contribution < -0.4 is 16.4 Å². The third-order valence-electron chi connectivity index (χ3n) is 2.77. The van der Waals surface area contributed by atoms with Gasteiger partial charge in [-0.2, -0.15) is 9.97 Å². The molecule has 20 heavy (non-hydrogen) atoms. The second-order valence-electron chi connectivity index (χ2n) is 4.46. The fourth-order valence-electron chi connectivity index (χ4n) is 1.78. The van der Waals surface area contributed by atoms with E-state index < -0.39 is 0 Å². The van der Waals surface area contributed by atoms with Crippen molar-refractivity contribution in [1.82, 2.24) is 15.0 Å². The molecule has 0 aliphatic carbocycles. The predicted molar refractivity (Wildman–Crippen MR) is 81.7 cm³/mol. The molecule has 0 bridgehead atoms. The van der Waals surface area contributed by atoms with Gasteiger partial charge in [-0.1, -0.05) is 6.92 Å². The van der Waals surface area contributed by atoms with Gasteiger partial charge < -0.3 is 16.4 Å². The number of nitrogens with two attached hydrogens (primary N) is 1. The topological polar surface area (TPSA) is 88.8 Å². The fraction of sp³-hybridized carbons (Fsp3) is 0.357. The van der Waals surface area contributed by atoms with Crippen molar-refractivity contribution in [3.05, 3.63) is 36.2 Å². The Kier molecular flexibility index (Phi) is 5.11. The van der Waals surface area contributed by atoms with E-state index in [9.17, 15) is 0 Å². The summed E-state index contributed by atoms with van der Waals surface area (Å²) in [6.45, 7) is 3.76. The molecule has 106 valence electrons. The van der Waals surface area contributed by atoms with Crippen molar-refractivity contribution in [3.63, 3.8) is 0 Å². The Balaban J connectivity index is 1.90. The first-order chi connectivity index (χ1) is 9.78. The quantitative estimate of drug-likeness (QED) is 0.713. The molecule has 0 unspecified atom stereocenters. The van der Waals surface area contributed by atoms with Crippen LogP contribution in [0.3, 0.4) is 0 Å². The van der Waals surface area contributed by atoms with Crippen LogP contribution in [0.4, 0.5) is 17.6 Å². The van der Waals surface area contributed by atoms with Crippen molar-refractivity contribution >= 4 is 17.6 Å². The molecule has 2 aromatic heterocycles. The normalized spacial score (nSPS) is 10.2. The number of nitrogens with zero attached hydrogens (tertiary/aromatic N) is 3. The average molecular weight is 272 g/mol. The number of hydrogen-bond donors (Lipinski definition) is 3. The number of nitrogens with one attached hydrogen (secondary N) is 2. The number of pyridine rings is 1. The summed E-state index contributed by atoms with van der Waals surface area (Å²) in [6.07, 6.45) is 5.54. The molecule has 0 aliphatic rings. The first-order valence-corrected chi connectivity index (χ1v) is 6.79. The lowest BCUT2D eigenvalue weighted by atomic mass is 10.2. The lowest BCUT2D eigenvalue weighted by Gasteiger charge is -2.09. The summed E-state index contributed by atoms with van der Waals surface area (Å²) >= 11 is 0.